The second kappa shape index (κ2) is 5.11. The van der Waals surface area contributed by atoms with Crippen LogP contribution in [0, 0.1) is 11.8 Å². The fourth-order valence-corrected chi connectivity index (χ4v) is 3.97. The van der Waals surface area contributed by atoms with Crippen molar-refractivity contribution in [3.05, 3.63) is 11.9 Å². The Morgan fingerprint density at radius 2 is 2.10 bits per heavy atom. The summed E-state index contributed by atoms with van der Waals surface area (Å²) in [5.74, 6) is 1.41. The van der Waals surface area contributed by atoms with E-state index in [1.807, 2.05) is 4.90 Å². The maximum Gasteiger partial charge on any atom is 0.276 e. The third-order valence-corrected chi connectivity index (χ3v) is 5.06. The van der Waals surface area contributed by atoms with E-state index >= 15 is 0 Å². The van der Waals surface area contributed by atoms with Gasteiger partial charge < -0.3 is 10.6 Å². The Morgan fingerprint density at radius 3 is 2.80 bits per heavy atom. The van der Waals surface area contributed by atoms with Gasteiger partial charge in [0, 0.05) is 25.8 Å². The maximum absolute atomic E-state index is 12.8. The second-order valence-corrected chi connectivity index (χ2v) is 6.39. The van der Waals surface area contributed by atoms with Gasteiger partial charge in [0.15, 0.2) is 5.69 Å². The third-order valence-electron chi connectivity index (χ3n) is 5.06. The van der Waals surface area contributed by atoms with Crippen LogP contribution >= 0.6 is 0 Å². The predicted molar refractivity (Wildman–Crippen MR) is 78.2 cm³/mol. The lowest BCUT2D eigenvalue weighted by Crippen LogP contribution is -2.52. The Balaban J connectivity index is 1.85. The molecule has 0 bridgehead atoms. The summed E-state index contributed by atoms with van der Waals surface area (Å²) in [7, 11) is 1.80. The molecule has 0 radical (unpaired) electrons. The number of hydrogen-bond acceptors (Lipinski definition) is 3. The van der Waals surface area contributed by atoms with E-state index in [1.165, 1.54) is 19.3 Å². The summed E-state index contributed by atoms with van der Waals surface area (Å²) in [6.45, 7) is 3.18. The lowest BCUT2D eigenvalue weighted by molar-refractivity contribution is 0.0213. The Hall–Kier alpha value is -1.52. The number of likely N-dealkylation sites (tertiary alicyclic amines) is 1. The van der Waals surface area contributed by atoms with Crippen LogP contribution in [-0.2, 0) is 7.05 Å². The molecule has 1 aromatic rings. The van der Waals surface area contributed by atoms with Crippen LogP contribution in [0.5, 0.6) is 0 Å². The Morgan fingerprint density at radius 1 is 1.35 bits per heavy atom. The van der Waals surface area contributed by atoms with Crippen molar-refractivity contribution in [3.8, 4) is 0 Å². The first-order valence-electron chi connectivity index (χ1n) is 7.68. The van der Waals surface area contributed by atoms with Gasteiger partial charge in [0.25, 0.3) is 5.91 Å². The molecule has 3 rings (SSSR count). The van der Waals surface area contributed by atoms with Crippen molar-refractivity contribution < 1.29 is 4.79 Å². The largest absolute Gasteiger partial charge is 0.396 e. The van der Waals surface area contributed by atoms with Gasteiger partial charge in [0.05, 0.1) is 5.69 Å². The highest BCUT2D eigenvalue weighted by molar-refractivity contribution is 5.97. The molecule has 2 aliphatic rings. The van der Waals surface area contributed by atoms with Gasteiger partial charge in [-0.15, -0.1) is 0 Å². The fourth-order valence-electron chi connectivity index (χ4n) is 3.97. The summed E-state index contributed by atoms with van der Waals surface area (Å²) >= 11 is 0. The molecule has 3 atom stereocenters. The number of anilines is 1. The number of carbonyl (C=O) groups is 1. The summed E-state index contributed by atoms with van der Waals surface area (Å²) in [5.41, 5.74) is 6.83. The normalized spacial score (nSPS) is 30.1. The van der Waals surface area contributed by atoms with E-state index in [4.69, 9.17) is 5.73 Å². The number of hydrogen-bond donors (Lipinski definition) is 1. The average Bonchev–Trinajstić information content (AvgIpc) is 2.78. The number of nitrogens with two attached hydrogens (primary N) is 1. The molecule has 3 unspecified atom stereocenters. The average molecular weight is 276 g/mol. The van der Waals surface area contributed by atoms with Gasteiger partial charge in [0.1, 0.15) is 0 Å². The summed E-state index contributed by atoms with van der Waals surface area (Å²) in [6, 6.07) is 0.390. The maximum atomic E-state index is 12.8. The first-order valence-corrected chi connectivity index (χ1v) is 7.68. The van der Waals surface area contributed by atoms with E-state index in [1.54, 1.807) is 17.9 Å². The van der Waals surface area contributed by atoms with E-state index in [0.29, 0.717) is 23.3 Å². The smallest absolute Gasteiger partial charge is 0.276 e. The van der Waals surface area contributed by atoms with Crippen molar-refractivity contribution in [2.75, 3.05) is 12.3 Å². The lowest BCUT2D eigenvalue weighted by Gasteiger charge is -2.47. The standard InChI is InChI=1S/C15H24N4O/c1-10-7-8-19(13-6-4-3-5-11(10)13)15(20)14-12(16)9-18(2)17-14/h9-11,13H,3-8,16H2,1-2H3. The summed E-state index contributed by atoms with van der Waals surface area (Å²) in [4.78, 5) is 14.8. The van der Waals surface area contributed by atoms with E-state index < -0.39 is 0 Å². The molecule has 5 nitrogen and oxygen atoms in total. The SMILES string of the molecule is CC1CCN(C(=O)c2nn(C)cc2N)C2CCCCC12. The van der Waals surface area contributed by atoms with Crippen LogP contribution in [0.25, 0.3) is 0 Å². The number of nitrogens with zero attached hydrogens (tertiary/aromatic N) is 3. The van der Waals surface area contributed by atoms with Crippen molar-refractivity contribution in [1.82, 2.24) is 14.7 Å². The zero-order chi connectivity index (χ0) is 14.3. The molecular weight excluding hydrogens is 252 g/mol. The number of fused-ring (bicyclic) bond motifs is 1. The molecule has 1 aliphatic carbocycles. The van der Waals surface area contributed by atoms with Crippen LogP contribution in [0.1, 0.15) is 49.5 Å². The second-order valence-electron chi connectivity index (χ2n) is 6.39. The van der Waals surface area contributed by atoms with Gasteiger partial charge in [-0.25, -0.2) is 0 Å². The van der Waals surface area contributed by atoms with Crippen molar-refractivity contribution in [2.24, 2.45) is 18.9 Å². The van der Waals surface area contributed by atoms with Crippen molar-refractivity contribution in [2.45, 2.75) is 45.1 Å². The van der Waals surface area contributed by atoms with Crippen LogP contribution in [0.15, 0.2) is 6.20 Å². The molecule has 0 spiro atoms. The molecule has 1 saturated heterocycles. The zero-order valence-electron chi connectivity index (χ0n) is 12.4. The minimum Gasteiger partial charge on any atom is -0.396 e. The van der Waals surface area contributed by atoms with Gasteiger partial charge in [-0.3, -0.25) is 9.48 Å². The summed E-state index contributed by atoms with van der Waals surface area (Å²) < 4.78 is 1.62. The summed E-state index contributed by atoms with van der Waals surface area (Å²) in [5, 5.41) is 4.24. The quantitative estimate of drug-likeness (QED) is 0.853. The molecular formula is C15H24N4O. The van der Waals surface area contributed by atoms with Crippen molar-refractivity contribution in [1.29, 1.82) is 0 Å². The highest BCUT2D eigenvalue weighted by Crippen LogP contribution is 2.39. The van der Waals surface area contributed by atoms with Crippen molar-refractivity contribution >= 4 is 11.6 Å². The minimum absolute atomic E-state index is 0.0203. The van der Waals surface area contributed by atoms with E-state index in [0.717, 1.165) is 25.3 Å². The molecule has 1 aromatic heterocycles. The first-order chi connectivity index (χ1) is 9.58. The third kappa shape index (κ3) is 2.19. The lowest BCUT2D eigenvalue weighted by atomic mass is 9.72. The topological polar surface area (TPSA) is 64.2 Å². The minimum atomic E-state index is 0.0203. The number of rotatable bonds is 1. The number of amides is 1. The number of piperidine rings is 1. The Labute approximate surface area is 120 Å². The molecule has 2 heterocycles. The number of aryl methyl sites for hydroxylation is 1. The van der Waals surface area contributed by atoms with Crippen LogP contribution < -0.4 is 5.73 Å². The first kappa shape index (κ1) is 13.5. The molecule has 1 amide bonds. The summed E-state index contributed by atoms with van der Waals surface area (Å²) in [6.07, 6.45) is 7.73. The van der Waals surface area contributed by atoms with Gasteiger partial charge in [-0.2, -0.15) is 5.10 Å². The van der Waals surface area contributed by atoms with Crippen LogP contribution in [0.2, 0.25) is 0 Å². The van der Waals surface area contributed by atoms with Crippen LogP contribution in [0.4, 0.5) is 5.69 Å². The van der Waals surface area contributed by atoms with Gasteiger partial charge in [0.2, 0.25) is 0 Å². The monoisotopic (exact) mass is 276 g/mol. The van der Waals surface area contributed by atoms with Crippen molar-refractivity contribution in [3.63, 3.8) is 0 Å². The zero-order valence-corrected chi connectivity index (χ0v) is 12.4. The fraction of sp³-hybridized carbons (Fsp3) is 0.733. The Kier molecular flexibility index (Phi) is 3.44. The molecule has 5 heteroatoms. The molecule has 2 N–H and O–H groups in total. The van der Waals surface area contributed by atoms with Gasteiger partial charge >= 0.3 is 0 Å². The highest BCUT2D eigenvalue weighted by atomic mass is 16.2. The molecule has 1 aliphatic heterocycles. The van der Waals surface area contributed by atoms with E-state index in [9.17, 15) is 4.79 Å². The number of nitrogen functional groups attached to an aromatic ring is 1. The highest BCUT2D eigenvalue weighted by Gasteiger charge is 2.40. The predicted octanol–water partition coefficient (Wildman–Crippen LogP) is 2.04. The molecule has 1 saturated carbocycles. The molecule has 110 valence electrons. The molecule has 2 fully saturated rings. The number of aromatic nitrogens is 2. The molecule has 0 aromatic carbocycles. The number of carbonyl (C=O) groups excluding carboxylic acids is 1. The van der Waals surface area contributed by atoms with Gasteiger partial charge in [-0.05, 0) is 31.1 Å². The van der Waals surface area contributed by atoms with Gasteiger partial charge in [-0.1, -0.05) is 19.8 Å². The Bertz CT molecular complexity index is 510. The van der Waals surface area contributed by atoms with Crippen LogP contribution in [-0.4, -0.2) is 33.2 Å². The van der Waals surface area contributed by atoms with E-state index in [-0.39, 0.29) is 5.91 Å². The molecule has 20 heavy (non-hydrogen) atoms. The van der Waals surface area contributed by atoms with E-state index in [2.05, 4.69) is 12.0 Å². The van der Waals surface area contributed by atoms with Crippen LogP contribution in [0.3, 0.4) is 0 Å².